The van der Waals surface area contributed by atoms with Crippen LogP contribution in [0.15, 0.2) is 58.8 Å². The van der Waals surface area contributed by atoms with Gasteiger partial charge in [-0.1, -0.05) is 59.2 Å². The van der Waals surface area contributed by atoms with E-state index in [1.807, 2.05) is 41.9 Å². The molecule has 0 aliphatic heterocycles. The molecule has 1 heterocycles. The van der Waals surface area contributed by atoms with Crippen LogP contribution in [0.3, 0.4) is 0 Å². The quantitative estimate of drug-likeness (QED) is 0.371. The number of carbonyl (C=O) groups is 1. The summed E-state index contributed by atoms with van der Waals surface area (Å²) in [5, 5.41) is 14.1. The van der Waals surface area contributed by atoms with Gasteiger partial charge in [-0.25, -0.2) is 5.43 Å². The topological polar surface area (TPSA) is 72.2 Å². The number of hydrogen-bond acceptors (Lipinski definition) is 5. The third-order valence-electron chi connectivity index (χ3n) is 3.52. The first-order chi connectivity index (χ1) is 13.0. The Morgan fingerprint density at radius 1 is 1.19 bits per heavy atom. The van der Waals surface area contributed by atoms with Gasteiger partial charge in [0.15, 0.2) is 11.0 Å². The molecule has 1 aromatic heterocycles. The van der Waals surface area contributed by atoms with Crippen LogP contribution >= 0.6 is 35.0 Å². The number of amides is 1. The highest BCUT2D eigenvalue weighted by molar-refractivity contribution is 7.99. The number of aromatic nitrogens is 3. The molecule has 0 spiro atoms. The highest BCUT2D eigenvalue weighted by Gasteiger charge is 2.13. The lowest BCUT2D eigenvalue weighted by molar-refractivity contribution is -0.118. The third kappa shape index (κ3) is 5.32. The smallest absolute Gasteiger partial charge is 0.250 e. The Kier molecular flexibility index (Phi) is 6.49. The molecule has 0 radical (unpaired) electrons. The molecule has 1 N–H and O–H groups in total. The van der Waals surface area contributed by atoms with Crippen LogP contribution in [0.4, 0.5) is 0 Å². The third-order valence-corrected chi connectivity index (χ3v) is 5.03. The van der Waals surface area contributed by atoms with E-state index in [1.54, 1.807) is 24.4 Å². The van der Waals surface area contributed by atoms with Crippen molar-refractivity contribution in [3.05, 3.63) is 64.1 Å². The fourth-order valence-electron chi connectivity index (χ4n) is 2.21. The minimum absolute atomic E-state index is 0.166. The van der Waals surface area contributed by atoms with Crippen LogP contribution in [0.1, 0.15) is 5.56 Å². The summed E-state index contributed by atoms with van der Waals surface area (Å²) in [6, 6.07) is 14.5. The van der Waals surface area contributed by atoms with Crippen LogP contribution in [-0.4, -0.2) is 32.6 Å². The lowest BCUT2D eigenvalue weighted by Gasteiger charge is -2.04. The molecule has 0 saturated carbocycles. The van der Waals surface area contributed by atoms with Crippen molar-refractivity contribution in [3.63, 3.8) is 0 Å². The Morgan fingerprint density at radius 2 is 1.96 bits per heavy atom. The molecule has 0 bridgehead atoms. The van der Waals surface area contributed by atoms with E-state index in [2.05, 4.69) is 20.7 Å². The van der Waals surface area contributed by atoms with Gasteiger partial charge in [-0.05, 0) is 29.8 Å². The summed E-state index contributed by atoms with van der Waals surface area (Å²) < 4.78 is 1.82. The van der Waals surface area contributed by atoms with E-state index in [0.29, 0.717) is 21.0 Å². The largest absolute Gasteiger partial charge is 0.305 e. The van der Waals surface area contributed by atoms with Gasteiger partial charge in [-0.2, -0.15) is 5.10 Å². The van der Waals surface area contributed by atoms with Crippen molar-refractivity contribution in [2.24, 2.45) is 12.1 Å². The van der Waals surface area contributed by atoms with Gasteiger partial charge in [0, 0.05) is 22.7 Å². The number of hydrogen-bond donors (Lipinski definition) is 1. The van der Waals surface area contributed by atoms with E-state index >= 15 is 0 Å². The Morgan fingerprint density at radius 3 is 2.70 bits per heavy atom. The van der Waals surface area contributed by atoms with E-state index in [0.717, 1.165) is 11.1 Å². The first-order valence-corrected chi connectivity index (χ1v) is 9.62. The highest BCUT2D eigenvalue weighted by atomic mass is 35.5. The Bertz CT molecular complexity index is 972. The van der Waals surface area contributed by atoms with Gasteiger partial charge in [0.05, 0.1) is 12.0 Å². The van der Waals surface area contributed by atoms with Gasteiger partial charge < -0.3 is 4.57 Å². The molecule has 1 amide bonds. The second kappa shape index (κ2) is 9.03. The summed E-state index contributed by atoms with van der Waals surface area (Å²) in [7, 11) is 1.84. The number of hydrazone groups is 1. The fourth-order valence-corrected chi connectivity index (χ4v) is 3.23. The summed E-state index contributed by atoms with van der Waals surface area (Å²) in [5.74, 6) is 0.609. The lowest BCUT2D eigenvalue weighted by atomic mass is 10.2. The van der Waals surface area contributed by atoms with Crippen molar-refractivity contribution < 1.29 is 4.79 Å². The summed E-state index contributed by atoms with van der Waals surface area (Å²) in [6.45, 7) is 0. The molecule has 27 heavy (non-hydrogen) atoms. The number of halogens is 2. The molecule has 0 aliphatic rings. The number of nitrogens with zero attached hydrogens (tertiary/aromatic N) is 4. The van der Waals surface area contributed by atoms with Crippen molar-refractivity contribution in [1.29, 1.82) is 0 Å². The summed E-state index contributed by atoms with van der Waals surface area (Å²) in [4.78, 5) is 12.0. The van der Waals surface area contributed by atoms with Crippen molar-refractivity contribution >= 4 is 47.1 Å². The Hall–Kier alpha value is -2.35. The second-order valence-electron chi connectivity index (χ2n) is 5.51. The minimum atomic E-state index is -0.238. The molecule has 9 heteroatoms. The number of carbonyl (C=O) groups excluding carboxylic acids is 1. The molecule has 3 rings (SSSR count). The van der Waals surface area contributed by atoms with Crippen LogP contribution in [-0.2, 0) is 11.8 Å². The molecule has 2 aromatic carbocycles. The monoisotopic (exact) mass is 419 g/mol. The maximum Gasteiger partial charge on any atom is 0.250 e. The maximum absolute atomic E-state index is 12.0. The maximum atomic E-state index is 12.0. The summed E-state index contributed by atoms with van der Waals surface area (Å²) >= 11 is 13.1. The van der Waals surface area contributed by atoms with E-state index in [-0.39, 0.29) is 11.7 Å². The average Bonchev–Trinajstić information content (AvgIpc) is 3.02. The van der Waals surface area contributed by atoms with Crippen molar-refractivity contribution in [1.82, 2.24) is 20.2 Å². The number of thioether (sulfide) groups is 1. The summed E-state index contributed by atoms with van der Waals surface area (Å²) in [5.41, 5.74) is 4.19. The van der Waals surface area contributed by atoms with Crippen LogP contribution in [0.2, 0.25) is 10.0 Å². The highest BCUT2D eigenvalue weighted by Crippen LogP contribution is 2.24. The SMILES string of the molecule is Cn1c(SCC(=O)N/N=C/c2ccc(Cl)cc2)nnc1-c1cccc(Cl)c1. The van der Waals surface area contributed by atoms with Gasteiger partial charge in [0.1, 0.15) is 0 Å². The Labute approximate surface area is 170 Å². The van der Waals surface area contributed by atoms with Gasteiger partial charge in [-0.15, -0.1) is 10.2 Å². The molecule has 3 aromatic rings. The summed E-state index contributed by atoms with van der Waals surface area (Å²) in [6.07, 6.45) is 1.55. The van der Waals surface area contributed by atoms with E-state index in [1.165, 1.54) is 11.8 Å². The molecular weight excluding hydrogens is 405 g/mol. The number of rotatable bonds is 6. The zero-order chi connectivity index (χ0) is 19.2. The molecule has 0 atom stereocenters. The first kappa shape index (κ1) is 19.4. The van der Waals surface area contributed by atoms with Crippen LogP contribution < -0.4 is 5.43 Å². The fraction of sp³-hybridized carbons (Fsp3) is 0.111. The number of nitrogens with one attached hydrogen (secondary N) is 1. The molecule has 0 fully saturated rings. The minimum Gasteiger partial charge on any atom is -0.305 e. The lowest BCUT2D eigenvalue weighted by Crippen LogP contribution is -2.19. The van der Waals surface area contributed by atoms with Crippen molar-refractivity contribution in [2.75, 3.05) is 5.75 Å². The van der Waals surface area contributed by atoms with Gasteiger partial charge in [-0.3, -0.25) is 4.79 Å². The predicted octanol–water partition coefficient (Wildman–Crippen LogP) is 4.03. The second-order valence-corrected chi connectivity index (χ2v) is 7.32. The molecule has 6 nitrogen and oxygen atoms in total. The molecular formula is C18H15Cl2N5OS. The van der Waals surface area contributed by atoms with Crippen molar-refractivity contribution in [2.45, 2.75) is 5.16 Å². The molecule has 138 valence electrons. The zero-order valence-corrected chi connectivity index (χ0v) is 16.6. The van der Waals surface area contributed by atoms with E-state index < -0.39 is 0 Å². The average molecular weight is 420 g/mol. The van der Waals surface area contributed by atoms with Crippen LogP contribution in [0.5, 0.6) is 0 Å². The molecule has 0 aliphatic carbocycles. The van der Waals surface area contributed by atoms with Gasteiger partial charge in [0.2, 0.25) is 0 Å². The first-order valence-electron chi connectivity index (χ1n) is 7.88. The van der Waals surface area contributed by atoms with E-state index in [4.69, 9.17) is 23.2 Å². The van der Waals surface area contributed by atoms with Crippen LogP contribution in [0.25, 0.3) is 11.4 Å². The molecule has 0 unspecified atom stereocenters. The number of benzene rings is 2. The molecule has 0 saturated heterocycles. The zero-order valence-electron chi connectivity index (χ0n) is 14.3. The van der Waals surface area contributed by atoms with Crippen LogP contribution in [0, 0.1) is 0 Å². The predicted molar refractivity (Wildman–Crippen MR) is 109 cm³/mol. The standard InChI is InChI=1S/C18H15Cl2N5OS/c1-25-17(13-3-2-4-15(20)9-13)23-24-18(25)27-11-16(26)22-21-10-12-5-7-14(19)8-6-12/h2-10H,11H2,1H3,(H,22,26)/b21-10+. The van der Waals surface area contributed by atoms with Gasteiger partial charge in [0.25, 0.3) is 5.91 Å². The van der Waals surface area contributed by atoms with Crippen molar-refractivity contribution in [3.8, 4) is 11.4 Å². The normalized spacial score (nSPS) is 11.1. The Balaban J connectivity index is 1.55. The van der Waals surface area contributed by atoms with Gasteiger partial charge >= 0.3 is 0 Å². The van der Waals surface area contributed by atoms with E-state index in [9.17, 15) is 4.79 Å².